The van der Waals surface area contributed by atoms with Crippen LogP contribution in [0.25, 0.3) is 11.3 Å². The number of hydrogen-bond acceptors (Lipinski definition) is 5. The second-order valence-corrected chi connectivity index (χ2v) is 6.51. The number of esters is 1. The maximum atomic E-state index is 12.6. The number of carbonyl (C=O) groups is 1. The molecule has 0 spiro atoms. The zero-order valence-corrected chi connectivity index (χ0v) is 15.7. The van der Waals surface area contributed by atoms with Gasteiger partial charge in [-0.05, 0) is 32.0 Å². The van der Waals surface area contributed by atoms with Crippen LogP contribution in [0.5, 0.6) is 0 Å². The first-order valence-electron chi connectivity index (χ1n) is 8.98. The van der Waals surface area contributed by atoms with Crippen LogP contribution in [0, 0.1) is 13.8 Å². The van der Waals surface area contributed by atoms with E-state index >= 15 is 0 Å². The van der Waals surface area contributed by atoms with Gasteiger partial charge in [0, 0.05) is 17.0 Å². The molecule has 0 N–H and O–H groups in total. The van der Waals surface area contributed by atoms with E-state index in [2.05, 4.69) is 4.98 Å². The Morgan fingerprint density at radius 2 is 1.96 bits per heavy atom. The Morgan fingerprint density at radius 1 is 1.14 bits per heavy atom. The van der Waals surface area contributed by atoms with Crippen LogP contribution >= 0.6 is 0 Å². The van der Waals surface area contributed by atoms with Crippen LogP contribution < -0.4 is 0 Å². The number of nitrogens with zero attached hydrogens (tertiary/aromatic N) is 2. The van der Waals surface area contributed by atoms with Gasteiger partial charge in [-0.2, -0.15) is 0 Å². The first-order valence-corrected chi connectivity index (χ1v) is 8.98. The van der Waals surface area contributed by atoms with Crippen molar-refractivity contribution in [2.24, 2.45) is 0 Å². The summed E-state index contributed by atoms with van der Waals surface area (Å²) in [6, 6.07) is 15.2. The van der Waals surface area contributed by atoms with E-state index < -0.39 is 5.97 Å². The maximum absolute atomic E-state index is 12.6. The lowest BCUT2D eigenvalue weighted by atomic mass is 10.2. The molecule has 0 saturated carbocycles. The summed E-state index contributed by atoms with van der Waals surface area (Å²) in [5, 5.41) is 0. The topological polar surface area (TPSA) is 70.4 Å². The summed E-state index contributed by atoms with van der Waals surface area (Å²) < 4.78 is 18.5. The van der Waals surface area contributed by atoms with E-state index in [0.717, 1.165) is 22.7 Å². The lowest BCUT2D eigenvalue weighted by molar-refractivity contribution is 0.0438. The molecule has 28 heavy (non-hydrogen) atoms. The van der Waals surface area contributed by atoms with Gasteiger partial charge >= 0.3 is 5.97 Å². The minimum absolute atomic E-state index is 0.0203. The summed E-state index contributed by atoms with van der Waals surface area (Å²) >= 11 is 0. The second kappa shape index (κ2) is 7.60. The molecule has 0 atom stereocenters. The highest BCUT2D eigenvalue weighted by Gasteiger charge is 2.18. The number of oxazole rings is 1. The van der Waals surface area contributed by atoms with Gasteiger partial charge in [-0.25, -0.2) is 9.78 Å². The first-order chi connectivity index (χ1) is 13.6. The van der Waals surface area contributed by atoms with Crippen molar-refractivity contribution in [2.75, 3.05) is 0 Å². The Balaban J connectivity index is 1.44. The van der Waals surface area contributed by atoms with E-state index in [1.54, 1.807) is 12.5 Å². The predicted molar refractivity (Wildman–Crippen MR) is 103 cm³/mol. The normalized spacial score (nSPS) is 10.9. The third-order valence-electron chi connectivity index (χ3n) is 4.63. The monoisotopic (exact) mass is 376 g/mol. The van der Waals surface area contributed by atoms with Gasteiger partial charge in [0.25, 0.3) is 0 Å². The Morgan fingerprint density at radius 3 is 2.71 bits per heavy atom. The van der Waals surface area contributed by atoms with Gasteiger partial charge in [-0.3, -0.25) is 0 Å². The highest BCUT2D eigenvalue weighted by Crippen LogP contribution is 2.21. The molecule has 0 amide bonds. The van der Waals surface area contributed by atoms with Crippen LogP contribution in [0.3, 0.4) is 0 Å². The minimum Gasteiger partial charge on any atom is -0.467 e. The van der Waals surface area contributed by atoms with Crippen molar-refractivity contribution in [2.45, 2.75) is 27.0 Å². The van der Waals surface area contributed by atoms with Gasteiger partial charge in [-0.15, -0.1) is 0 Å². The van der Waals surface area contributed by atoms with Crippen LogP contribution in [-0.4, -0.2) is 15.5 Å². The van der Waals surface area contributed by atoms with Crippen molar-refractivity contribution in [3.05, 3.63) is 89.6 Å². The van der Waals surface area contributed by atoms with Crippen LogP contribution in [0.15, 0.2) is 69.8 Å². The van der Waals surface area contributed by atoms with Crippen molar-refractivity contribution < 1.29 is 18.4 Å². The Labute approximate surface area is 162 Å². The average molecular weight is 376 g/mol. The van der Waals surface area contributed by atoms with Crippen molar-refractivity contribution in [3.8, 4) is 11.3 Å². The van der Waals surface area contributed by atoms with Crippen molar-refractivity contribution >= 4 is 5.97 Å². The SMILES string of the molecule is Cc1cc(C(=O)OCc2ncc(-c3ccccc3)o2)c(C)n1Cc1ccco1. The fourth-order valence-electron chi connectivity index (χ4n) is 3.13. The molecule has 4 aromatic rings. The molecule has 0 radical (unpaired) electrons. The molecule has 4 rings (SSSR count). The third-order valence-corrected chi connectivity index (χ3v) is 4.63. The van der Waals surface area contributed by atoms with Gasteiger partial charge in [0.15, 0.2) is 12.4 Å². The fourth-order valence-corrected chi connectivity index (χ4v) is 3.13. The van der Waals surface area contributed by atoms with Crippen LogP contribution in [0.1, 0.15) is 33.4 Å². The van der Waals surface area contributed by atoms with E-state index in [9.17, 15) is 4.79 Å². The highest BCUT2D eigenvalue weighted by atomic mass is 16.5. The van der Waals surface area contributed by atoms with Crippen LogP contribution in [-0.2, 0) is 17.9 Å². The molecule has 0 fully saturated rings. The Kier molecular flexibility index (Phi) is 4.85. The molecule has 3 aromatic heterocycles. The molecule has 142 valence electrons. The molecule has 3 heterocycles. The number of benzene rings is 1. The summed E-state index contributed by atoms with van der Waals surface area (Å²) in [4.78, 5) is 16.7. The van der Waals surface area contributed by atoms with Gasteiger partial charge in [-0.1, -0.05) is 30.3 Å². The molecule has 6 heteroatoms. The van der Waals surface area contributed by atoms with E-state index in [4.69, 9.17) is 13.6 Å². The van der Waals surface area contributed by atoms with E-state index in [-0.39, 0.29) is 6.61 Å². The number of rotatable bonds is 6. The lowest BCUT2D eigenvalue weighted by Gasteiger charge is -2.07. The molecule has 0 unspecified atom stereocenters. The molecular weight excluding hydrogens is 356 g/mol. The van der Waals surface area contributed by atoms with Gasteiger partial charge in [0.2, 0.25) is 5.89 Å². The Hall–Kier alpha value is -3.54. The summed E-state index contributed by atoms with van der Waals surface area (Å²) in [5.41, 5.74) is 3.24. The van der Waals surface area contributed by atoms with Crippen molar-refractivity contribution in [3.63, 3.8) is 0 Å². The molecule has 0 aliphatic carbocycles. The molecular formula is C22H20N2O4. The first kappa shape index (κ1) is 17.9. The third kappa shape index (κ3) is 3.62. The second-order valence-electron chi connectivity index (χ2n) is 6.51. The van der Waals surface area contributed by atoms with Crippen LogP contribution in [0.2, 0.25) is 0 Å². The smallest absolute Gasteiger partial charge is 0.340 e. The predicted octanol–water partition coefficient (Wildman–Crippen LogP) is 4.76. The zero-order chi connectivity index (χ0) is 19.5. The average Bonchev–Trinajstić information content (AvgIpc) is 3.45. The molecule has 6 nitrogen and oxygen atoms in total. The molecule has 0 saturated heterocycles. The Bertz CT molecular complexity index is 1080. The number of aryl methyl sites for hydroxylation is 1. The quantitative estimate of drug-likeness (QED) is 0.454. The molecule has 0 bridgehead atoms. The summed E-state index contributed by atoms with van der Waals surface area (Å²) in [5.74, 6) is 1.42. The van der Waals surface area contributed by atoms with Gasteiger partial charge < -0.3 is 18.1 Å². The van der Waals surface area contributed by atoms with E-state index in [1.807, 2.05) is 66.9 Å². The molecule has 0 aliphatic heterocycles. The number of aromatic nitrogens is 2. The molecule has 0 aliphatic rings. The van der Waals surface area contributed by atoms with Crippen LogP contribution in [0.4, 0.5) is 0 Å². The summed E-state index contributed by atoms with van der Waals surface area (Å²) in [6.45, 7) is 4.39. The number of carbonyl (C=O) groups excluding carboxylic acids is 1. The van der Waals surface area contributed by atoms with Crippen molar-refractivity contribution in [1.82, 2.24) is 9.55 Å². The fraction of sp³-hybridized carbons (Fsp3) is 0.182. The van der Waals surface area contributed by atoms with E-state index in [1.165, 1.54) is 0 Å². The standard InChI is InChI=1S/C22H20N2O4/c1-15-11-19(16(2)24(15)13-18-9-6-10-26-18)22(25)27-14-21-23-12-20(28-21)17-7-4-3-5-8-17/h3-12H,13-14H2,1-2H3. The van der Waals surface area contributed by atoms with Gasteiger partial charge in [0.05, 0.1) is 24.6 Å². The summed E-state index contributed by atoms with van der Waals surface area (Å²) in [7, 11) is 0. The van der Waals surface area contributed by atoms with Crippen molar-refractivity contribution in [1.29, 1.82) is 0 Å². The maximum Gasteiger partial charge on any atom is 0.340 e. The number of furan rings is 1. The summed E-state index contributed by atoms with van der Waals surface area (Å²) in [6.07, 6.45) is 3.27. The number of hydrogen-bond donors (Lipinski definition) is 0. The molecule has 1 aromatic carbocycles. The highest BCUT2D eigenvalue weighted by molar-refractivity contribution is 5.91. The van der Waals surface area contributed by atoms with E-state index in [0.29, 0.717) is 23.8 Å². The minimum atomic E-state index is -0.404. The largest absolute Gasteiger partial charge is 0.467 e. The van der Waals surface area contributed by atoms with Gasteiger partial charge in [0.1, 0.15) is 5.76 Å². The zero-order valence-electron chi connectivity index (χ0n) is 15.7. The number of ether oxygens (including phenoxy) is 1. The lowest BCUT2D eigenvalue weighted by Crippen LogP contribution is -2.08.